The summed E-state index contributed by atoms with van der Waals surface area (Å²) in [4.78, 5) is 24.5. The maximum atomic E-state index is 12.4. The molecule has 3 rings (SSSR count). The minimum atomic E-state index is -0.363. The Morgan fingerprint density at radius 1 is 0.704 bits per heavy atom. The van der Waals surface area contributed by atoms with E-state index in [-0.39, 0.29) is 11.9 Å². The maximum absolute atomic E-state index is 12.4. The molecule has 3 aromatic rings. The van der Waals surface area contributed by atoms with Gasteiger partial charge in [0.25, 0.3) is 5.91 Å². The molecule has 0 spiro atoms. The van der Waals surface area contributed by atoms with E-state index in [0.29, 0.717) is 28.4 Å². The molecule has 6 heteroatoms. The Labute approximate surface area is 157 Å². The Morgan fingerprint density at radius 3 is 2.07 bits per heavy atom. The van der Waals surface area contributed by atoms with Crippen LogP contribution < -0.4 is 20.7 Å². The van der Waals surface area contributed by atoms with E-state index in [1.807, 2.05) is 18.2 Å². The first-order chi connectivity index (χ1) is 13.1. The van der Waals surface area contributed by atoms with Crippen LogP contribution in [0.2, 0.25) is 0 Å². The number of hydrogen-bond donors (Lipinski definition) is 3. The van der Waals surface area contributed by atoms with E-state index in [4.69, 9.17) is 4.74 Å². The molecule has 0 aliphatic heterocycles. The molecule has 0 aliphatic rings. The quantitative estimate of drug-likeness (QED) is 0.622. The van der Waals surface area contributed by atoms with Gasteiger partial charge in [-0.15, -0.1) is 0 Å². The van der Waals surface area contributed by atoms with Gasteiger partial charge in [-0.3, -0.25) is 4.79 Å². The molecule has 0 saturated carbocycles. The predicted octanol–water partition coefficient (Wildman–Crippen LogP) is 4.59. The number of amides is 3. The summed E-state index contributed by atoms with van der Waals surface area (Å²) in [7, 11) is 1.55. The lowest BCUT2D eigenvalue weighted by Crippen LogP contribution is -2.19. The summed E-state index contributed by atoms with van der Waals surface area (Å²) in [5, 5.41) is 8.29. The number of carbonyl (C=O) groups is 2. The molecular formula is C21H19N3O3. The van der Waals surface area contributed by atoms with E-state index in [9.17, 15) is 9.59 Å². The number of rotatable bonds is 5. The number of ether oxygens (including phenoxy) is 1. The molecule has 3 aromatic carbocycles. The van der Waals surface area contributed by atoms with Crippen LogP contribution in [0.1, 0.15) is 10.4 Å². The molecule has 6 nitrogen and oxygen atoms in total. The van der Waals surface area contributed by atoms with Gasteiger partial charge >= 0.3 is 6.03 Å². The number of urea groups is 1. The third-order valence-electron chi connectivity index (χ3n) is 3.74. The van der Waals surface area contributed by atoms with Crippen molar-refractivity contribution < 1.29 is 14.3 Å². The van der Waals surface area contributed by atoms with Crippen LogP contribution in [-0.4, -0.2) is 19.0 Å². The van der Waals surface area contributed by atoms with Crippen LogP contribution in [0.5, 0.6) is 5.75 Å². The zero-order valence-corrected chi connectivity index (χ0v) is 14.7. The Kier molecular flexibility index (Phi) is 5.69. The molecule has 0 radical (unpaired) electrons. The number of carbonyl (C=O) groups excluding carboxylic acids is 2. The molecule has 0 saturated heterocycles. The topological polar surface area (TPSA) is 79.5 Å². The fraction of sp³-hybridized carbons (Fsp3) is 0.0476. The first-order valence-corrected chi connectivity index (χ1v) is 8.32. The van der Waals surface area contributed by atoms with Crippen molar-refractivity contribution in [1.29, 1.82) is 0 Å². The average molecular weight is 361 g/mol. The molecule has 0 aliphatic carbocycles. The van der Waals surface area contributed by atoms with Gasteiger partial charge in [-0.25, -0.2) is 4.79 Å². The van der Waals surface area contributed by atoms with Crippen molar-refractivity contribution in [3.63, 3.8) is 0 Å². The highest BCUT2D eigenvalue weighted by Crippen LogP contribution is 2.18. The van der Waals surface area contributed by atoms with Crippen LogP contribution in [0.4, 0.5) is 21.9 Å². The Bertz CT molecular complexity index is 942. The molecule has 27 heavy (non-hydrogen) atoms. The Balaban J connectivity index is 1.64. The summed E-state index contributed by atoms with van der Waals surface area (Å²) in [5.74, 6) is 0.343. The van der Waals surface area contributed by atoms with Crippen molar-refractivity contribution in [2.45, 2.75) is 0 Å². The summed E-state index contributed by atoms with van der Waals surface area (Å²) >= 11 is 0. The van der Waals surface area contributed by atoms with Crippen molar-refractivity contribution in [2.24, 2.45) is 0 Å². The van der Waals surface area contributed by atoms with Gasteiger partial charge in [0.05, 0.1) is 7.11 Å². The normalized spacial score (nSPS) is 9.96. The number of para-hydroxylation sites is 1. The highest BCUT2D eigenvalue weighted by atomic mass is 16.5. The largest absolute Gasteiger partial charge is 0.497 e. The van der Waals surface area contributed by atoms with Crippen molar-refractivity contribution in [3.05, 3.63) is 84.4 Å². The number of benzene rings is 3. The highest BCUT2D eigenvalue weighted by molar-refractivity contribution is 6.05. The molecule has 3 amide bonds. The van der Waals surface area contributed by atoms with Crippen molar-refractivity contribution in [3.8, 4) is 5.75 Å². The van der Waals surface area contributed by atoms with Gasteiger partial charge in [0.2, 0.25) is 0 Å². The zero-order valence-electron chi connectivity index (χ0n) is 14.7. The van der Waals surface area contributed by atoms with Crippen molar-refractivity contribution in [1.82, 2.24) is 0 Å². The van der Waals surface area contributed by atoms with Gasteiger partial charge < -0.3 is 20.7 Å². The van der Waals surface area contributed by atoms with E-state index in [1.54, 1.807) is 67.8 Å². The smallest absolute Gasteiger partial charge is 0.323 e. The first-order valence-electron chi connectivity index (χ1n) is 8.32. The summed E-state index contributed by atoms with van der Waals surface area (Å²) < 4.78 is 5.13. The van der Waals surface area contributed by atoms with Gasteiger partial charge in [0.1, 0.15) is 5.75 Å². The number of nitrogens with one attached hydrogen (secondary N) is 3. The standard InChI is InChI=1S/C21H19N3O3/c1-27-19-12-5-7-15(13-19)20(25)22-17-10-6-11-18(14-17)24-21(26)23-16-8-3-2-4-9-16/h2-14H,1H3,(H,22,25)(H2,23,24,26). The lowest BCUT2D eigenvalue weighted by molar-refractivity contribution is 0.102. The van der Waals surface area contributed by atoms with Crippen molar-refractivity contribution >= 4 is 29.0 Å². The van der Waals surface area contributed by atoms with Gasteiger partial charge in [-0.2, -0.15) is 0 Å². The second-order valence-electron chi connectivity index (χ2n) is 5.71. The zero-order chi connectivity index (χ0) is 19.1. The molecule has 0 unspecified atom stereocenters. The lowest BCUT2D eigenvalue weighted by atomic mass is 10.2. The van der Waals surface area contributed by atoms with E-state index in [2.05, 4.69) is 16.0 Å². The second kappa shape index (κ2) is 8.53. The molecule has 0 bridgehead atoms. The first kappa shape index (κ1) is 18.0. The van der Waals surface area contributed by atoms with Gasteiger partial charge in [-0.05, 0) is 48.5 Å². The van der Waals surface area contributed by atoms with Crippen LogP contribution in [0.25, 0.3) is 0 Å². The third kappa shape index (κ3) is 5.09. The van der Waals surface area contributed by atoms with E-state index >= 15 is 0 Å². The van der Waals surface area contributed by atoms with Crippen LogP contribution in [-0.2, 0) is 0 Å². The molecular weight excluding hydrogens is 342 g/mol. The van der Waals surface area contributed by atoms with Crippen molar-refractivity contribution in [2.75, 3.05) is 23.1 Å². The van der Waals surface area contributed by atoms with E-state index < -0.39 is 0 Å². The second-order valence-corrected chi connectivity index (χ2v) is 5.71. The van der Waals surface area contributed by atoms with Crippen LogP contribution in [0, 0.1) is 0 Å². The highest BCUT2D eigenvalue weighted by Gasteiger charge is 2.08. The van der Waals surface area contributed by atoms with E-state index in [1.165, 1.54) is 0 Å². The van der Waals surface area contributed by atoms with Gasteiger partial charge in [-0.1, -0.05) is 30.3 Å². The lowest BCUT2D eigenvalue weighted by Gasteiger charge is -2.10. The maximum Gasteiger partial charge on any atom is 0.323 e. The Hall–Kier alpha value is -3.80. The predicted molar refractivity (Wildman–Crippen MR) is 106 cm³/mol. The monoisotopic (exact) mass is 361 g/mol. The summed E-state index contributed by atoms with van der Waals surface area (Å²) in [6, 6.07) is 22.6. The average Bonchev–Trinajstić information content (AvgIpc) is 2.69. The number of methoxy groups -OCH3 is 1. The van der Waals surface area contributed by atoms with E-state index in [0.717, 1.165) is 0 Å². The number of anilines is 3. The molecule has 0 aromatic heterocycles. The molecule has 0 fully saturated rings. The van der Waals surface area contributed by atoms with Crippen LogP contribution >= 0.6 is 0 Å². The summed E-state index contributed by atoms with van der Waals surface area (Å²) in [5.41, 5.74) is 2.30. The molecule has 0 atom stereocenters. The molecule has 0 heterocycles. The van der Waals surface area contributed by atoms with Crippen LogP contribution in [0.15, 0.2) is 78.9 Å². The minimum absolute atomic E-state index is 0.264. The fourth-order valence-electron chi connectivity index (χ4n) is 2.46. The fourth-order valence-corrected chi connectivity index (χ4v) is 2.46. The SMILES string of the molecule is COc1cccc(C(=O)Nc2cccc(NC(=O)Nc3ccccc3)c2)c1. The number of hydrogen-bond acceptors (Lipinski definition) is 3. The summed E-state index contributed by atoms with van der Waals surface area (Å²) in [6.45, 7) is 0. The Morgan fingerprint density at radius 2 is 1.33 bits per heavy atom. The minimum Gasteiger partial charge on any atom is -0.497 e. The molecule has 136 valence electrons. The van der Waals surface area contributed by atoms with Crippen LogP contribution in [0.3, 0.4) is 0 Å². The summed E-state index contributed by atoms with van der Waals surface area (Å²) in [6.07, 6.45) is 0. The van der Waals surface area contributed by atoms with Gasteiger partial charge in [0.15, 0.2) is 0 Å². The molecule has 3 N–H and O–H groups in total. The third-order valence-corrected chi connectivity index (χ3v) is 3.74. The van der Waals surface area contributed by atoms with Gasteiger partial charge in [0, 0.05) is 22.6 Å².